The third-order valence-electron chi connectivity index (χ3n) is 4.04. The van der Waals surface area contributed by atoms with Gasteiger partial charge < -0.3 is 9.84 Å². The first-order chi connectivity index (χ1) is 11.0. The van der Waals surface area contributed by atoms with Crippen LogP contribution in [0.25, 0.3) is 22.2 Å². The van der Waals surface area contributed by atoms with Crippen LogP contribution in [0.1, 0.15) is 21.5 Å². The van der Waals surface area contributed by atoms with Crippen LogP contribution in [-0.2, 0) is 0 Å². The van der Waals surface area contributed by atoms with Crippen molar-refractivity contribution in [1.29, 1.82) is 0 Å². The maximum Gasteiger partial charge on any atom is 0.336 e. The Morgan fingerprint density at radius 2 is 1.78 bits per heavy atom. The van der Waals surface area contributed by atoms with Crippen molar-refractivity contribution in [2.75, 3.05) is 7.11 Å². The minimum absolute atomic E-state index is 0.249. The Kier molecular flexibility index (Phi) is 3.74. The molecule has 0 aliphatic rings. The lowest BCUT2D eigenvalue weighted by atomic mass is 10.00. The van der Waals surface area contributed by atoms with Crippen molar-refractivity contribution in [3.8, 4) is 17.0 Å². The Morgan fingerprint density at radius 3 is 2.48 bits per heavy atom. The molecule has 0 unspecified atom stereocenters. The van der Waals surface area contributed by atoms with E-state index in [-0.39, 0.29) is 5.56 Å². The second-order valence-corrected chi connectivity index (χ2v) is 5.51. The molecule has 4 nitrogen and oxygen atoms in total. The van der Waals surface area contributed by atoms with Gasteiger partial charge in [-0.2, -0.15) is 0 Å². The maximum absolute atomic E-state index is 11.7. The van der Waals surface area contributed by atoms with Crippen LogP contribution >= 0.6 is 0 Å². The molecule has 3 rings (SSSR count). The number of ether oxygens (including phenoxy) is 1. The fourth-order valence-corrected chi connectivity index (χ4v) is 2.66. The maximum atomic E-state index is 11.7. The van der Waals surface area contributed by atoms with Crippen molar-refractivity contribution in [1.82, 2.24) is 4.98 Å². The summed E-state index contributed by atoms with van der Waals surface area (Å²) in [6.07, 6.45) is 0. The molecular formula is C19H17NO3. The SMILES string of the molecule is COc1ccccc1-c1cc(C(=O)O)c2cc(C)c(C)cc2n1. The van der Waals surface area contributed by atoms with Gasteiger partial charge in [-0.1, -0.05) is 12.1 Å². The van der Waals surface area contributed by atoms with Crippen LogP contribution in [0.5, 0.6) is 5.75 Å². The van der Waals surface area contributed by atoms with Crippen LogP contribution in [0.2, 0.25) is 0 Å². The molecule has 0 amide bonds. The van der Waals surface area contributed by atoms with Gasteiger partial charge >= 0.3 is 5.97 Å². The van der Waals surface area contributed by atoms with E-state index in [0.717, 1.165) is 16.7 Å². The molecule has 2 aromatic carbocycles. The molecule has 1 aromatic heterocycles. The van der Waals surface area contributed by atoms with Crippen molar-refractivity contribution in [3.05, 3.63) is 59.2 Å². The molecule has 1 N–H and O–H groups in total. The van der Waals surface area contributed by atoms with E-state index in [1.54, 1.807) is 13.2 Å². The van der Waals surface area contributed by atoms with E-state index >= 15 is 0 Å². The zero-order valence-electron chi connectivity index (χ0n) is 13.3. The number of hydrogen-bond donors (Lipinski definition) is 1. The molecule has 0 saturated carbocycles. The Morgan fingerprint density at radius 1 is 1.09 bits per heavy atom. The van der Waals surface area contributed by atoms with Crippen molar-refractivity contribution in [2.24, 2.45) is 0 Å². The quantitative estimate of drug-likeness (QED) is 0.787. The topological polar surface area (TPSA) is 59.4 Å². The highest BCUT2D eigenvalue weighted by atomic mass is 16.5. The Hall–Kier alpha value is -2.88. The number of benzene rings is 2. The summed E-state index contributed by atoms with van der Waals surface area (Å²) in [7, 11) is 1.59. The van der Waals surface area contributed by atoms with Crippen LogP contribution < -0.4 is 4.74 Å². The lowest BCUT2D eigenvalue weighted by Gasteiger charge is -2.12. The summed E-state index contributed by atoms with van der Waals surface area (Å²) in [5.74, 6) is -0.295. The van der Waals surface area contributed by atoms with Gasteiger partial charge in [0.1, 0.15) is 5.75 Å². The molecule has 0 spiro atoms. The number of aryl methyl sites for hydroxylation is 2. The fraction of sp³-hybridized carbons (Fsp3) is 0.158. The molecule has 0 aliphatic carbocycles. The molecule has 0 aliphatic heterocycles. The smallest absolute Gasteiger partial charge is 0.336 e. The Balaban J connectivity index is 2.35. The Bertz CT molecular complexity index is 916. The van der Waals surface area contributed by atoms with Crippen molar-refractivity contribution in [2.45, 2.75) is 13.8 Å². The highest BCUT2D eigenvalue weighted by Crippen LogP contribution is 2.32. The number of pyridine rings is 1. The average Bonchev–Trinajstić information content (AvgIpc) is 2.55. The predicted molar refractivity (Wildman–Crippen MR) is 90.2 cm³/mol. The number of methoxy groups -OCH3 is 1. The predicted octanol–water partition coefficient (Wildman–Crippen LogP) is 4.23. The first-order valence-corrected chi connectivity index (χ1v) is 7.30. The summed E-state index contributed by atoms with van der Waals surface area (Å²) >= 11 is 0. The molecule has 0 atom stereocenters. The number of hydrogen-bond acceptors (Lipinski definition) is 3. The number of rotatable bonds is 3. The van der Waals surface area contributed by atoms with Crippen LogP contribution in [0.4, 0.5) is 0 Å². The zero-order valence-corrected chi connectivity index (χ0v) is 13.3. The molecule has 23 heavy (non-hydrogen) atoms. The van der Waals surface area contributed by atoms with Crippen molar-refractivity contribution >= 4 is 16.9 Å². The number of para-hydroxylation sites is 1. The van der Waals surface area contributed by atoms with Crippen LogP contribution in [-0.4, -0.2) is 23.2 Å². The highest BCUT2D eigenvalue weighted by Gasteiger charge is 2.15. The highest BCUT2D eigenvalue weighted by molar-refractivity contribution is 6.04. The standard InChI is InChI=1S/C19H17NO3/c1-11-8-14-15(19(21)22)10-17(20-16(14)9-12(11)2)13-6-4-5-7-18(13)23-3/h4-10H,1-3H3,(H,21,22). The van der Waals surface area contributed by atoms with Gasteiger partial charge in [0, 0.05) is 10.9 Å². The molecule has 3 aromatic rings. The molecule has 1 heterocycles. The number of nitrogens with zero attached hydrogens (tertiary/aromatic N) is 1. The molecule has 4 heteroatoms. The van der Waals surface area contributed by atoms with Gasteiger partial charge in [-0.3, -0.25) is 0 Å². The van der Waals surface area contributed by atoms with Gasteiger partial charge in [0.2, 0.25) is 0 Å². The summed E-state index contributed by atoms with van der Waals surface area (Å²) in [4.78, 5) is 16.3. The van der Waals surface area contributed by atoms with E-state index in [1.807, 2.05) is 50.2 Å². The number of aromatic nitrogens is 1. The minimum atomic E-state index is -0.961. The summed E-state index contributed by atoms with van der Waals surface area (Å²) in [5.41, 5.74) is 4.42. The number of carboxylic acids is 1. The van der Waals surface area contributed by atoms with E-state index < -0.39 is 5.97 Å². The van der Waals surface area contributed by atoms with E-state index in [1.165, 1.54) is 0 Å². The molecule has 0 saturated heterocycles. The van der Waals surface area contributed by atoms with Crippen molar-refractivity contribution in [3.63, 3.8) is 0 Å². The second-order valence-electron chi connectivity index (χ2n) is 5.51. The Labute approximate surface area is 134 Å². The van der Waals surface area contributed by atoms with E-state index in [2.05, 4.69) is 4.98 Å². The van der Waals surface area contributed by atoms with Crippen LogP contribution in [0.3, 0.4) is 0 Å². The van der Waals surface area contributed by atoms with Gasteiger partial charge in [0.25, 0.3) is 0 Å². The molecular weight excluding hydrogens is 290 g/mol. The second kappa shape index (κ2) is 5.72. The third-order valence-corrected chi connectivity index (χ3v) is 4.04. The lowest BCUT2D eigenvalue weighted by molar-refractivity contribution is 0.0699. The first kappa shape index (κ1) is 15.0. The number of aromatic carboxylic acids is 1. The summed E-state index contributed by atoms with van der Waals surface area (Å²) in [6.45, 7) is 3.96. The molecule has 0 fully saturated rings. The number of fused-ring (bicyclic) bond motifs is 1. The average molecular weight is 307 g/mol. The van der Waals surface area contributed by atoms with Gasteiger partial charge in [-0.15, -0.1) is 0 Å². The minimum Gasteiger partial charge on any atom is -0.496 e. The third kappa shape index (κ3) is 2.63. The van der Waals surface area contributed by atoms with Gasteiger partial charge in [0.15, 0.2) is 0 Å². The molecule has 116 valence electrons. The van der Waals surface area contributed by atoms with Crippen LogP contribution in [0.15, 0.2) is 42.5 Å². The largest absolute Gasteiger partial charge is 0.496 e. The number of carbonyl (C=O) groups is 1. The molecule has 0 bridgehead atoms. The van der Waals surface area contributed by atoms with Crippen molar-refractivity contribution < 1.29 is 14.6 Å². The monoisotopic (exact) mass is 307 g/mol. The summed E-state index contributed by atoms with van der Waals surface area (Å²) in [5, 5.41) is 10.2. The van der Waals surface area contributed by atoms with Crippen LogP contribution in [0, 0.1) is 13.8 Å². The molecule has 0 radical (unpaired) electrons. The van der Waals surface area contributed by atoms with Gasteiger partial charge in [-0.25, -0.2) is 9.78 Å². The summed E-state index contributed by atoms with van der Waals surface area (Å²) in [6, 6.07) is 12.9. The first-order valence-electron chi connectivity index (χ1n) is 7.30. The fourth-order valence-electron chi connectivity index (χ4n) is 2.66. The van der Waals surface area contributed by atoms with E-state index in [9.17, 15) is 9.90 Å². The lowest BCUT2D eigenvalue weighted by Crippen LogP contribution is -2.01. The van der Waals surface area contributed by atoms with Gasteiger partial charge in [0.05, 0.1) is 23.9 Å². The summed E-state index contributed by atoms with van der Waals surface area (Å²) < 4.78 is 5.37. The normalized spacial score (nSPS) is 10.7. The zero-order chi connectivity index (χ0) is 16.6. The van der Waals surface area contributed by atoms with E-state index in [0.29, 0.717) is 22.3 Å². The number of carboxylic acid groups (broad SMARTS) is 1. The van der Waals surface area contributed by atoms with Gasteiger partial charge in [-0.05, 0) is 55.3 Å². The van der Waals surface area contributed by atoms with E-state index in [4.69, 9.17) is 4.74 Å².